The molecule has 0 heterocycles. The van der Waals surface area contributed by atoms with Gasteiger partial charge in [-0.1, -0.05) is 12.1 Å². The van der Waals surface area contributed by atoms with Crippen molar-refractivity contribution in [2.75, 3.05) is 7.11 Å². The van der Waals surface area contributed by atoms with E-state index in [-0.39, 0.29) is 0 Å². The molecule has 0 aliphatic heterocycles. The maximum atomic E-state index is 13.0. The molecule has 2 rings (SSSR count). The molecule has 0 amide bonds. The molecule has 94 valence electrons. The van der Waals surface area contributed by atoms with Gasteiger partial charge in [0.2, 0.25) is 0 Å². The van der Waals surface area contributed by atoms with Crippen LogP contribution in [0.15, 0.2) is 36.4 Å². The summed E-state index contributed by atoms with van der Waals surface area (Å²) >= 11 is 0. The molecule has 18 heavy (non-hydrogen) atoms. The summed E-state index contributed by atoms with van der Waals surface area (Å²) in [5, 5.41) is 0. The molecule has 0 bridgehead atoms. The highest BCUT2D eigenvalue weighted by Gasteiger charge is 2.10. The lowest BCUT2D eigenvalue weighted by Gasteiger charge is -2.05. The van der Waals surface area contributed by atoms with Crippen LogP contribution in [-0.4, -0.2) is 7.11 Å². The van der Waals surface area contributed by atoms with Crippen LogP contribution in [0, 0.1) is 17.5 Å². The van der Waals surface area contributed by atoms with Crippen molar-refractivity contribution in [3.8, 4) is 5.75 Å². The van der Waals surface area contributed by atoms with Crippen molar-refractivity contribution >= 4 is 0 Å². The average Bonchev–Trinajstić information content (AvgIpc) is 2.37. The Morgan fingerprint density at radius 3 is 1.94 bits per heavy atom. The zero-order valence-electron chi connectivity index (χ0n) is 9.71. The van der Waals surface area contributed by atoms with E-state index in [4.69, 9.17) is 4.74 Å². The molecule has 0 fully saturated rings. The van der Waals surface area contributed by atoms with Crippen molar-refractivity contribution in [1.82, 2.24) is 0 Å². The van der Waals surface area contributed by atoms with Gasteiger partial charge in [0, 0.05) is 0 Å². The lowest BCUT2D eigenvalue weighted by atomic mass is 10.0. The zero-order valence-corrected chi connectivity index (χ0v) is 9.71. The van der Waals surface area contributed by atoms with Crippen LogP contribution in [0.2, 0.25) is 0 Å². The number of ether oxygens (including phenoxy) is 1. The predicted octanol–water partition coefficient (Wildman–Crippen LogP) is 3.70. The van der Waals surface area contributed by atoms with E-state index in [0.29, 0.717) is 17.7 Å². The molecular formula is C14H11F3O. The average molecular weight is 252 g/mol. The Bertz CT molecular complexity index is 526. The van der Waals surface area contributed by atoms with Crippen LogP contribution in [0.5, 0.6) is 5.75 Å². The second-order valence-electron chi connectivity index (χ2n) is 3.90. The smallest absolute Gasteiger partial charge is 0.194 e. The molecule has 0 aromatic heterocycles. The number of benzene rings is 2. The Hall–Kier alpha value is -1.97. The first-order valence-corrected chi connectivity index (χ1v) is 5.36. The van der Waals surface area contributed by atoms with Crippen molar-refractivity contribution in [3.63, 3.8) is 0 Å². The van der Waals surface area contributed by atoms with Gasteiger partial charge in [-0.2, -0.15) is 0 Å². The van der Waals surface area contributed by atoms with Crippen molar-refractivity contribution < 1.29 is 17.9 Å². The first-order valence-electron chi connectivity index (χ1n) is 5.36. The highest BCUT2D eigenvalue weighted by Crippen LogP contribution is 2.18. The number of methoxy groups -OCH3 is 1. The molecule has 0 N–H and O–H groups in total. The van der Waals surface area contributed by atoms with Gasteiger partial charge in [-0.3, -0.25) is 0 Å². The van der Waals surface area contributed by atoms with E-state index in [1.807, 2.05) is 0 Å². The van der Waals surface area contributed by atoms with E-state index in [1.54, 1.807) is 31.4 Å². The van der Waals surface area contributed by atoms with Crippen molar-refractivity contribution in [2.24, 2.45) is 0 Å². The minimum Gasteiger partial charge on any atom is -0.497 e. The third kappa shape index (κ3) is 2.64. The van der Waals surface area contributed by atoms with Crippen LogP contribution in [0.25, 0.3) is 0 Å². The Balaban J connectivity index is 2.23. The molecular weight excluding hydrogens is 241 g/mol. The lowest BCUT2D eigenvalue weighted by Crippen LogP contribution is -1.96. The molecule has 0 aliphatic carbocycles. The quantitative estimate of drug-likeness (QED) is 0.757. The third-order valence-corrected chi connectivity index (χ3v) is 2.61. The molecule has 0 aliphatic rings. The van der Waals surface area contributed by atoms with Gasteiger partial charge in [-0.25, -0.2) is 13.2 Å². The van der Waals surface area contributed by atoms with Crippen LogP contribution >= 0.6 is 0 Å². The van der Waals surface area contributed by atoms with E-state index in [0.717, 1.165) is 17.7 Å². The molecule has 2 aromatic rings. The van der Waals surface area contributed by atoms with Gasteiger partial charge < -0.3 is 4.74 Å². The first kappa shape index (κ1) is 12.5. The molecule has 0 atom stereocenters. The van der Waals surface area contributed by atoms with Crippen molar-refractivity contribution in [1.29, 1.82) is 0 Å². The van der Waals surface area contributed by atoms with Gasteiger partial charge in [-0.15, -0.1) is 0 Å². The van der Waals surface area contributed by atoms with Gasteiger partial charge >= 0.3 is 0 Å². The summed E-state index contributed by atoms with van der Waals surface area (Å²) in [6.45, 7) is 0. The highest BCUT2D eigenvalue weighted by molar-refractivity contribution is 5.32. The molecule has 0 saturated heterocycles. The molecule has 2 aromatic carbocycles. The number of hydrogen-bond acceptors (Lipinski definition) is 1. The SMILES string of the molecule is COc1ccc(Cc2cc(F)c(F)c(F)c2)cc1. The summed E-state index contributed by atoms with van der Waals surface area (Å²) in [4.78, 5) is 0. The standard InChI is InChI=1S/C14H11F3O/c1-18-11-4-2-9(3-5-11)6-10-7-12(15)14(17)13(16)8-10/h2-5,7-8H,6H2,1H3. The molecule has 0 spiro atoms. The zero-order chi connectivity index (χ0) is 13.1. The number of halogens is 3. The molecule has 0 unspecified atom stereocenters. The van der Waals surface area contributed by atoms with Crippen molar-refractivity contribution in [2.45, 2.75) is 6.42 Å². The van der Waals surface area contributed by atoms with Gasteiger partial charge in [-0.05, 0) is 41.8 Å². The Morgan fingerprint density at radius 2 is 1.44 bits per heavy atom. The molecule has 4 heteroatoms. The van der Waals surface area contributed by atoms with E-state index >= 15 is 0 Å². The largest absolute Gasteiger partial charge is 0.497 e. The second kappa shape index (κ2) is 5.12. The summed E-state index contributed by atoms with van der Waals surface area (Å²) in [5.74, 6) is -3.07. The summed E-state index contributed by atoms with van der Waals surface area (Å²) in [5.41, 5.74) is 1.25. The fourth-order valence-electron chi connectivity index (χ4n) is 1.69. The van der Waals surface area contributed by atoms with Crippen molar-refractivity contribution in [3.05, 3.63) is 65.0 Å². The van der Waals surface area contributed by atoms with E-state index < -0.39 is 17.5 Å². The van der Waals surface area contributed by atoms with Crippen LogP contribution in [0.4, 0.5) is 13.2 Å². The van der Waals surface area contributed by atoms with Gasteiger partial charge in [0.05, 0.1) is 7.11 Å². The predicted molar refractivity (Wildman–Crippen MR) is 62.1 cm³/mol. The van der Waals surface area contributed by atoms with E-state index in [1.165, 1.54) is 0 Å². The van der Waals surface area contributed by atoms with Crippen LogP contribution in [-0.2, 0) is 6.42 Å². The Labute approximate surface area is 103 Å². The van der Waals surface area contributed by atoms with E-state index in [2.05, 4.69) is 0 Å². The molecule has 0 radical (unpaired) electrons. The summed E-state index contributed by atoms with van der Waals surface area (Å²) in [6.07, 6.45) is 0.331. The Kier molecular flexibility index (Phi) is 3.55. The summed E-state index contributed by atoms with van der Waals surface area (Å²) < 4.78 is 43.8. The topological polar surface area (TPSA) is 9.23 Å². The first-order chi connectivity index (χ1) is 8.60. The third-order valence-electron chi connectivity index (χ3n) is 2.61. The summed E-state index contributed by atoms with van der Waals surface area (Å²) in [6, 6.07) is 9.10. The fourth-order valence-corrected chi connectivity index (χ4v) is 1.69. The number of hydrogen-bond donors (Lipinski definition) is 0. The fraction of sp³-hybridized carbons (Fsp3) is 0.143. The van der Waals surface area contributed by atoms with E-state index in [9.17, 15) is 13.2 Å². The lowest BCUT2D eigenvalue weighted by molar-refractivity contribution is 0.414. The van der Waals surface area contributed by atoms with Crippen LogP contribution < -0.4 is 4.74 Å². The van der Waals surface area contributed by atoms with Gasteiger partial charge in [0.25, 0.3) is 0 Å². The maximum Gasteiger partial charge on any atom is 0.194 e. The molecule has 0 saturated carbocycles. The van der Waals surface area contributed by atoms with Crippen LogP contribution in [0.1, 0.15) is 11.1 Å². The Morgan fingerprint density at radius 1 is 0.889 bits per heavy atom. The maximum absolute atomic E-state index is 13.0. The highest BCUT2D eigenvalue weighted by atomic mass is 19.2. The van der Waals surface area contributed by atoms with Gasteiger partial charge in [0.1, 0.15) is 5.75 Å². The summed E-state index contributed by atoms with van der Waals surface area (Å²) in [7, 11) is 1.56. The monoisotopic (exact) mass is 252 g/mol. The normalized spacial score (nSPS) is 10.4. The van der Waals surface area contributed by atoms with Gasteiger partial charge in [0.15, 0.2) is 17.5 Å². The second-order valence-corrected chi connectivity index (χ2v) is 3.90. The molecule has 1 nitrogen and oxygen atoms in total. The van der Waals surface area contributed by atoms with Crippen LogP contribution in [0.3, 0.4) is 0 Å². The minimum absolute atomic E-state index is 0.331. The minimum atomic E-state index is -1.44. The number of rotatable bonds is 3.